The van der Waals surface area contributed by atoms with Crippen molar-refractivity contribution in [1.82, 2.24) is 19.5 Å². The maximum Gasteiger partial charge on any atom is 0.251 e. The highest BCUT2D eigenvalue weighted by Crippen LogP contribution is 2.27. The number of sulfonamides is 1. The van der Waals surface area contributed by atoms with Crippen LogP contribution >= 0.6 is 27.3 Å². The van der Waals surface area contributed by atoms with Gasteiger partial charge in [-0.3, -0.25) is 4.68 Å². The predicted molar refractivity (Wildman–Crippen MR) is 67.0 cm³/mol. The Morgan fingerprint density at radius 1 is 1.59 bits per heavy atom. The van der Waals surface area contributed by atoms with E-state index in [0.717, 1.165) is 11.3 Å². The molecule has 0 aromatic carbocycles. The molecule has 0 aliphatic rings. The van der Waals surface area contributed by atoms with E-state index in [-0.39, 0.29) is 10.8 Å². The number of hydrogen-bond donors (Lipinski definition) is 1. The zero-order valence-electron chi connectivity index (χ0n) is 8.79. The van der Waals surface area contributed by atoms with Gasteiger partial charge in [-0.1, -0.05) is 0 Å². The molecule has 0 saturated carbocycles. The largest absolute Gasteiger partial charge is 0.256 e. The first kappa shape index (κ1) is 12.7. The molecule has 92 valence electrons. The van der Waals surface area contributed by atoms with Gasteiger partial charge in [0.25, 0.3) is 10.0 Å². The minimum atomic E-state index is -3.50. The normalized spacial score (nSPS) is 11.9. The molecule has 0 spiro atoms. The van der Waals surface area contributed by atoms with Crippen LogP contribution in [0.2, 0.25) is 0 Å². The maximum absolute atomic E-state index is 11.9. The van der Waals surface area contributed by atoms with Crippen LogP contribution in [0.1, 0.15) is 5.82 Å². The van der Waals surface area contributed by atoms with Crippen LogP contribution < -0.4 is 4.72 Å². The molecule has 6 nitrogen and oxygen atoms in total. The van der Waals surface area contributed by atoms with Crippen molar-refractivity contribution in [3.05, 3.63) is 28.1 Å². The van der Waals surface area contributed by atoms with E-state index in [2.05, 4.69) is 30.7 Å². The number of rotatable bonds is 4. The van der Waals surface area contributed by atoms with E-state index >= 15 is 0 Å². The molecule has 0 unspecified atom stereocenters. The summed E-state index contributed by atoms with van der Waals surface area (Å²) in [6, 6.07) is 1.69. The summed E-state index contributed by atoms with van der Waals surface area (Å²) in [7, 11) is -1.78. The van der Waals surface area contributed by atoms with Crippen molar-refractivity contribution >= 4 is 37.3 Å². The van der Waals surface area contributed by atoms with Crippen LogP contribution in [-0.4, -0.2) is 23.2 Å². The van der Waals surface area contributed by atoms with E-state index in [1.165, 1.54) is 11.0 Å². The molecule has 0 aliphatic heterocycles. The van der Waals surface area contributed by atoms with Crippen LogP contribution in [0.15, 0.2) is 26.5 Å². The molecule has 2 heterocycles. The highest BCUT2D eigenvalue weighted by molar-refractivity contribution is 9.10. The van der Waals surface area contributed by atoms with Gasteiger partial charge >= 0.3 is 0 Å². The highest BCUT2D eigenvalue weighted by Gasteiger charge is 2.19. The van der Waals surface area contributed by atoms with Gasteiger partial charge in [0.1, 0.15) is 10.5 Å². The molecule has 0 bridgehead atoms. The summed E-state index contributed by atoms with van der Waals surface area (Å²) in [4.78, 5) is 3.94. The van der Waals surface area contributed by atoms with Gasteiger partial charge in [0, 0.05) is 11.5 Å². The molecule has 0 fully saturated rings. The molecule has 17 heavy (non-hydrogen) atoms. The van der Waals surface area contributed by atoms with Crippen LogP contribution in [0, 0.1) is 0 Å². The van der Waals surface area contributed by atoms with Gasteiger partial charge in [-0.05, 0) is 27.4 Å². The number of nitrogens with one attached hydrogen (secondary N) is 1. The fraction of sp³-hybridized carbons (Fsp3) is 0.250. The fourth-order valence-electron chi connectivity index (χ4n) is 1.16. The third-order valence-electron chi connectivity index (χ3n) is 1.90. The molecular formula is C8H9BrN4O2S2. The Morgan fingerprint density at radius 2 is 2.35 bits per heavy atom. The summed E-state index contributed by atoms with van der Waals surface area (Å²) in [5.41, 5.74) is 0. The van der Waals surface area contributed by atoms with Crippen LogP contribution in [0.4, 0.5) is 0 Å². The monoisotopic (exact) mass is 336 g/mol. The van der Waals surface area contributed by atoms with Crippen LogP contribution in [0.3, 0.4) is 0 Å². The smallest absolute Gasteiger partial charge is 0.251 e. The summed E-state index contributed by atoms with van der Waals surface area (Å²) in [5, 5.41) is 5.69. The summed E-state index contributed by atoms with van der Waals surface area (Å²) in [6.07, 6.45) is 1.52. The van der Waals surface area contributed by atoms with Gasteiger partial charge < -0.3 is 0 Å². The Hall–Kier alpha value is -0.770. The first-order chi connectivity index (χ1) is 7.99. The minimum Gasteiger partial charge on any atom is -0.256 e. The highest BCUT2D eigenvalue weighted by atomic mass is 79.9. The van der Waals surface area contributed by atoms with Crippen molar-refractivity contribution in [2.75, 3.05) is 0 Å². The van der Waals surface area contributed by atoms with Crippen molar-refractivity contribution in [1.29, 1.82) is 0 Å². The van der Waals surface area contributed by atoms with Crippen molar-refractivity contribution < 1.29 is 8.42 Å². The molecule has 2 aromatic rings. The van der Waals surface area contributed by atoms with Gasteiger partial charge in [0.2, 0.25) is 0 Å². The molecule has 0 atom stereocenters. The van der Waals surface area contributed by atoms with Crippen molar-refractivity contribution in [3.8, 4) is 0 Å². The predicted octanol–water partition coefficient (Wildman–Crippen LogP) is 1.12. The van der Waals surface area contributed by atoms with Gasteiger partial charge in [0.15, 0.2) is 5.82 Å². The molecule has 0 radical (unpaired) electrons. The van der Waals surface area contributed by atoms with E-state index in [4.69, 9.17) is 0 Å². The van der Waals surface area contributed by atoms with E-state index in [1.54, 1.807) is 18.5 Å². The molecule has 0 amide bonds. The lowest BCUT2D eigenvalue weighted by Gasteiger charge is -2.02. The van der Waals surface area contributed by atoms with Crippen LogP contribution in [0.25, 0.3) is 0 Å². The maximum atomic E-state index is 11.9. The van der Waals surface area contributed by atoms with E-state index < -0.39 is 10.0 Å². The Labute approximate surface area is 111 Å². The summed E-state index contributed by atoms with van der Waals surface area (Å²) >= 11 is 4.34. The molecule has 9 heteroatoms. The van der Waals surface area contributed by atoms with Crippen molar-refractivity contribution in [3.63, 3.8) is 0 Å². The summed E-state index contributed by atoms with van der Waals surface area (Å²) < 4.78 is 28.6. The Bertz CT molecular complexity index is 619. The second-order valence-electron chi connectivity index (χ2n) is 3.22. The van der Waals surface area contributed by atoms with E-state index in [0.29, 0.717) is 10.3 Å². The van der Waals surface area contributed by atoms with Crippen molar-refractivity contribution in [2.24, 2.45) is 7.05 Å². The van der Waals surface area contributed by atoms with Crippen LogP contribution in [-0.2, 0) is 23.6 Å². The SMILES string of the molecule is Cn1cnc(CNS(=O)(=O)c2sccc2Br)n1. The molecule has 1 N–H and O–H groups in total. The number of halogens is 1. The third kappa shape index (κ3) is 2.92. The lowest BCUT2D eigenvalue weighted by atomic mass is 10.6. The second-order valence-corrected chi connectivity index (χ2v) is 6.95. The zero-order valence-corrected chi connectivity index (χ0v) is 12.0. The zero-order chi connectivity index (χ0) is 12.5. The first-order valence-electron chi connectivity index (χ1n) is 4.56. The Balaban J connectivity index is 2.11. The Kier molecular flexibility index (Phi) is 3.61. The topological polar surface area (TPSA) is 76.9 Å². The van der Waals surface area contributed by atoms with E-state index in [1.807, 2.05) is 0 Å². The molecule has 0 saturated heterocycles. The van der Waals surface area contributed by atoms with Gasteiger partial charge in [0.05, 0.1) is 6.54 Å². The van der Waals surface area contributed by atoms with Gasteiger partial charge in [-0.2, -0.15) is 5.10 Å². The lowest BCUT2D eigenvalue weighted by Crippen LogP contribution is -2.23. The van der Waals surface area contributed by atoms with Crippen molar-refractivity contribution in [2.45, 2.75) is 10.8 Å². The first-order valence-corrected chi connectivity index (χ1v) is 7.72. The average molecular weight is 337 g/mol. The van der Waals surface area contributed by atoms with Gasteiger partial charge in [-0.15, -0.1) is 11.3 Å². The molecule has 0 aliphatic carbocycles. The minimum absolute atomic E-state index is 0.0769. The quantitative estimate of drug-likeness (QED) is 0.907. The number of hydrogen-bond acceptors (Lipinski definition) is 5. The third-order valence-corrected chi connectivity index (χ3v) is 5.97. The average Bonchev–Trinajstić information content (AvgIpc) is 2.85. The number of aryl methyl sites for hydroxylation is 1. The summed E-state index contributed by atoms with van der Waals surface area (Å²) in [6.45, 7) is 0.0769. The second kappa shape index (κ2) is 4.84. The number of nitrogens with zero attached hydrogens (tertiary/aromatic N) is 3. The molecular weight excluding hydrogens is 328 g/mol. The summed E-state index contributed by atoms with van der Waals surface area (Å²) in [5.74, 6) is 0.434. The Morgan fingerprint density at radius 3 is 2.88 bits per heavy atom. The fourth-order valence-corrected chi connectivity index (χ4v) is 4.52. The van der Waals surface area contributed by atoms with Crippen LogP contribution in [0.5, 0.6) is 0 Å². The lowest BCUT2D eigenvalue weighted by molar-refractivity contribution is 0.580. The number of thiophene rings is 1. The number of aromatic nitrogens is 3. The molecule has 2 rings (SSSR count). The molecule has 2 aromatic heterocycles. The van der Waals surface area contributed by atoms with E-state index in [9.17, 15) is 8.42 Å². The van der Waals surface area contributed by atoms with Gasteiger partial charge in [-0.25, -0.2) is 18.1 Å². The standard InChI is InChI=1S/C8H9BrN4O2S2/c1-13-5-10-7(12-13)4-11-17(14,15)8-6(9)2-3-16-8/h2-3,5,11H,4H2,1H3.